The van der Waals surface area contributed by atoms with Crippen LogP contribution in [0.1, 0.15) is 34.5 Å². The zero-order valence-electron chi connectivity index (χ0n) is 15.1. The standard InChI is InChI=1S/C21H22N4O2/c26-20-18-10-4-3-9-17(18)19(23-24-20)21(27)22-13-15-7-1-2-8-16(15)14-25-11-5-6-12-25/h1-4,7-10H,5-6,11-14H2,(H,22,27)(H,24,26)/p+1. The second kappa shape index (κ2) is 7.72. The van der Waals surface area contributed by atoms with Crippen molar-refractivity contribution in [1.82, 2.24) is 15.5 Å². The van der Waals surface area contributed by atoms with Crippen LogP contribution in [0.4, 0.5) is 0 Å². The monoisotopic (exact) mass is 363 g/mol. The molecule has 3 aromatic rings. The van der Waals surface area contributed by atoms with Crippen LogP contribution >= 0.6 is 0 Å². The average molecular weight is 363 g/mol. The molecule has 4 rings (SSSR count). The molecular weight excluding hydrogens is 340 g/mol. The fourth-order valence-corrected chi connectivity index (χ4v) is 3.77. The molecule has 1 aliphatic heterocycles. The van der Waals surface area contributed by atoms with E-state index in [4.69, 9.17) is 0 Å². The van der Waals surface area contributed by atoms with Crippen molar-refractivity contribution < 1.29 is 9.69 Å². The third-order valence-electron chi connectivity index (χ3n) is 5.22. The van der Waals surface area contributed by atoms with Gasteiger partial charge in [-0.3, -0.25) is 9.59 Å². The van der Waals surface area contributed by atoms with Crippen LogP contribution in [-0.2, 0) is 13.1 Å². The first kappa shape index (κ1) is 17.4. The summed E-state index contributed by atoms with van der Waals surface area (Å²) in [7, 11) is 0. The van der Waals surface area contributed by atoms with Crippen LogP contribution in [0.2, 0.25) is 0 Å². The highest BCUT2D eigenvalue weighted by molar-refractivity contribution is 6.04. The van der Waals surface area contributed by atoms with Crippen LogP contribution in [0, 0.1) is 0 Å². The molecule has 0 radical (unpaired) electrons. The Hall–Kier alpha value is -2.99. The summed E-state index contributed by atoms with van der Waals surface area (Å²) in [4.78, 5) is 26.2. The minimum atomic E-state index is -0.291. The summed E-state index contributed by atoms with van der Waals surface area (Å²) in [5, 5.41) is 10.4. The number of quaternary nitrogens is 1. The van der Waals surface area contributed by atoms with E-state index < -0.39 is 0 Å². The first-order chi connectivity index (χ1) is 13.2. The summed E-state index contributed by atoms with van der Waals surface area (Å²) in [6.45, 7) is 3.87. The number of H-pyrrole nitrogens is 1. The van der Waals surface area contributed by atoms with Gasteiger partial charge in [0.2, 0.25) is 0 Å². The van der Waals surface area contributed by atoms with Gasteiger partial charge in [-0.15, -0.1) is 0 Å². The molecule has 0 aliphatic carbocycles. The van der Waals surface area contributed by atoms with Crippen LogP contribution in [0.5, 0.6) is 0 Å². The quantitative estimate of drug-likeness (QED) is 0.634. The highest BCUT2D eigenvalue weighted by Gasteiger charge is 2.18. The minimum Gasteiger partial charge on any atom is -0.347 e. The number of carbonyl (C=O) groups excluding carboxylic acids is 1. The molecule has 0 bridgehead atoms. The summed E-state index contributed by atoms with van der Waals surface area (Å²) in [6, 6.07) is 15.3. The lowest BCUT2D eigenvalue weighted by atomic mass is 10.1. The Morgan fingerprint density at radius 3 is 2.44 bits per heavy atom. The molecule has 1 amide bonds. The maximum atomic E-state index is 12.7. The van der Waals surface area contributed by atoms with Crippen molar-refractivity contribution in [2.24, 2.45) is 0 Å². The van der Waals surface area contributed by atoms with E-state index in [9.17, 15) is 9.59 Å². The maximum absolute atomic E-state index is 12.7. The van der Waals surface area contributed by atoms with Crippen LogP contribution in [0.25, 0.3) is 10.8 Å². The first-order valence-corrected chi connectivity index (χ1v) is 9.38. The Labute approximate surface area is 157 Å². The van der Waals surface area contributed by atoms with Crippen LogP contribution in [-0.4, -0.2) is 29.2 Å². The largest absolute Gasteiger partial charge is 0.347 e. The molecule has 1 aliphatic rings. The van der Waals surface area contributed by atoms with E-state index in [1.165, 1.54) is 31.5 Å². The van der Waals surface area contributed by atoms with Crippen molar-refractivity contribution >= 4 is 16.7 Å². The Bertz CT molecular complexity index is 1020. The molecular formula is C21H23N4O2+. The highest BCUT2D eigenvalue weighted by Crippen LogP contribution is 2.13. The lowest BCUT2D eigenvalue weighted by Crippen LogP contribution is -3.08. The molecule has 1 fully saturated rings. The molecule has 1 aromatic heterocycles. The van der Waals surface area contributed by atoms with E-state index in [-0.39, 0.29) is 17.2 Å². The van der Waals surface area contributed by atoms with Gasteiger partial charge in [-0.25, -0.2) is 5.10 Å². The lowest BCUT2D eigenvalue weighted by Gasteiger charge is -2.15. The molecule has 1 saturated heterocycles. The number of hydrogen-bond donors (Lipinski definition) is 3. The number of benzene rings is 2. The molecule has 138 valence electrons. The number of carbonyl (C=O) groups is 1. The number of fused-ring (bicyclic) bond motifs is 1. The maximum Gasteiger partial charge on any atom is 0.272 e. The second-order valence-electron chi connectivity index (χ2n) is 7.03. The summed E-state index contributed by atoms with van der Waals surface area (Å²) >= 11 is 0. The number of likely N-dealkylation sites (tertiary alicyclic amines) is 1. The van der Waals surface area contributed by atoms with Gasteiger partial charge in [0.15, 0.2) is 5.69 Å². The summed E-state index contributed by atoms with van der Waals surface area (Å²) < 4.78 is 0. The Morgan fingerprint density at radius 1 is 1.00 bits per heavy atom. The van der Waals surface area contributed by atoms with Gasteiger partial charge in [-0.2, -0.15) is 5.10 Å². The van der Waals surface area contributed by atoms with E-state index >= 15 is 0 Å². The number of nitrogens with one attached hydrogen (secondary N) is 3. The van der Waals surface area contributed by atoms with Crippen LogP contribution < -0.4 is 15.8 Å². The smallest absolute Gasteiger partial charge is 0.272 e. The topological polar surface area (TPSA) is 79.3 Å². The Kier molecular flexibility index (Phi) is 4.98. The minimum absolute atomic E-state index is 0.243. The van der Waals surface area contributed by atoms with Gasteiger partial charge >= 0.3 is 0 Å². The summed E-state index contributed by atoms with van der Waals surface area (Å²) in [6.07, 6.45) is 2.58. The SMILES string of the molecule is O=C(NCc1ccccc1C[NH+]1CCCC1)c1n[nH]c(=O)c2ccccc12. The van der Waals surface area contributed by atoms with Crippen molar-refractivity contribution in [3.05, 3.63) is 75.7 Å². The fraction of sp³-hybridized carbons (Fsp3) is 0.286. The van der Waals surface area contributed by atoms with Crippen LogP contribution in [0.3, 0.4) is 0 Å². The summed E-state index contributed by atoms with van der Waals surface area (Å²) in [5.41, 5.74) is 2.35. The fourth-order valence-electron chi connectivity index (χ4n) is 3.77. The van der Waals surface area contributed by atoms with Gasteiger partial charge in [0.05, 0.1) is 18.5 Å². The normalized spacial score (nSPS) is 14.5. The molecule has 2 heterocycles. The average Bonchev–Trinajstić information content (AvgIpc) is 3.21. The van der Waals surface area contributed by atoms with Crippen molar-refractivity contribution in [2.45, 2.75) is 25.9 Å². The van der Waals surface area contributed by atoms with E-state index in [1.54, 1.807) is 29.2 Å². The predicted molar refractivity (Wildman–Crippen MR) is 104 cm³/mol. The van der Waals surface area contributed by atoms with Gasteiger partial charge < -0.3 is 10.2 Å². The van der Waals surface area contributed by atoms with E-state index in [2.05, 4.69) is 27.6 Å². The van der Waals surface area contributed by atoms with E-state index in [0.29, 0.717) is 17.3 Å². The van der Waals surface area contributed by atoms with Gasteiger partial charge in [-0.05, 0) is 11.6 Å². The van der Waals surface area contributed by atoms with Gasteiger partial charge in [0, 0.05) is 30.3 Å². The Morgan fingerprint density at radius 2 is 1.67 bits per heavy atom. The zero-order valence-corrected chi connectivity index (χ0v) is 15.1. The molecule has 0 unspecified atom stereocenters. The van der Waals surface area contributed by atoms with E-state index in [0.717, 1.165) is 12.1 Å². The molecule has 27 heavy (non-hydrogen) atoms. The van der Waals surface area contributed by atoms with Gasteiger partial charge in [0.1, 0.15) is 6.54 Å². The molecule has 0 saturated carbocycles. The van der Waals surface area contributed by atoms with Crippen molar-refractivity contribution in [3.63, 3.8) is 0 Å². The zero-order chi connectivity index (χ0) is 18.6. The van der Waals surface area contributed by atoms with Gasteiger partial charge in [-0.1, -0.05) is 42.5 Å². The predicted octanol–water partition coefficient (Wildman–Crippen LogP) is 1.03. The van der Waals surface area contributed by atoms with Gasteiger partial charge in [0.25, 0.3) is 11.5 Å². The number of rotatable bonds is 5. The number of aromatic amines is 1. The third-order valence-corrected chi connectivity index (χ3v) is 5.22. The van der Waals surface area contributed by atoms with Crippen molar-refractivity contribution in [2.75, 3.05) is 13.1 Å². The number of amides is 1. The third kappa shape index (κ3) is 3.75. The number of hydrogen-bond acceptors (Lipinski definition) is 3. The molecule has 6 heteroatoms. The molecule has 0 atom stereocenters. The Balaban J connectivity index is 1.52. The number of aromatic nitrogens is 2. The van der Waals surface area contributed by atoms with Crippen LogP contribution in [0.15, 0.2) is 53.3 Å². The van der Waals surface area contributed by atoms with E-state index in [1.807, 2.05) is 12.1 Å². The summed E-state index contributed by atoms with van der Waals surface area (Å²) in [5.74, 6) is -0.286. The molecule has 3 N–H and O–H groups in total. The molecule has 2 aromatic carbocycles. The lowest BCUT2D eigenvalue weighted by molar-refractivity contribution is -0.901. The second-order valence-corrected chi connectivity index (χ2v) is 7.03. The van der Waals surface area contributed by atoms with Crippen molar-refractivity contribution in [1.29, 1.82) is 0 Å². The number of nitrogens with zero attached hydrogens (tertiary/aromatic N) is 1. The van der Waals surface area contributed by atoms with Crippen molar-refractivity contribution in [3.8, 4) is 0 Å². The highest BCUT2D eigenvalue weighted by atomic mass is 16.2. The first-order valence-electron chi connectivity index (χ1n) is 9.38. The molecule has 0 spiro atoms. The molecule has 6 nitrogen and oxygen atoms in total.